The van der Waals surface area contributed by atoms with Crippen LogP contribution in [0.5, 0.6) is 5.75 Å². The minimum absolute atomic E-state index is 0.147. The van der Waals surface area contributed by atoms with Crippen molar-refractivity contribution < 1.29 is 14.2 Å². The zero-order valence-corrected chi connectivity index (χ0v) is 22.0. The summed E-state index contributed by atoms with van der Waals surface area (Å²) >= 11 is 6.05. The molecule has 1 N–H and O–H groups in total. The third kappa shape index (κ3) is 5.74. The lowest BCUT2D eigenvalue weighted by molar-refractivity contribution is -0.263. The van der Waals surface area contributed by atoms with E-state index in [0.717, 1.165) is 40.0 Å². The third-order valence-corrected chi connectivity index (χ3v) is 6.94. The van der Waals surface area contributed by atoms with E-state index in [4.69, 9.17) is 25.8 Å². The van der Waals surface area contributed by atoms with Gasteiger partial charge in [0.2, 0.25) is 5.95 Å². The fourth-order valence-corrected chi connectivity index (χ4v) is 4.67. The highest BCUT2D eigenvalue weighted by Crippen LogP contribution is 2.32. The van der Waals surface area contributed by atoms with Crippen molar-refractivity contribution in [3.63, 3.8) is 0 Å². The monoisotopic (exact) mass is 526 g/mol. The Morgan fingerprint density at radius 2 is 1.81 bits per heavy atom. The van der Waals surface area contributed by atoms with Gasteiger partial charge in [0, 0.05) is 29.6 Å². The number of hydrogen-bond acceptors (Lipinski definition) is 7. The second kappa shape index (κ2) is 10.3. The zero-order chi connectivity index (χ0) is 26.2. The predicted molar refractivity (Wildman–Crippen MR) is 141 cm³/mol. The van der Waals surface area contributed by atoms with Crippen molar-refractivity contribution in [3.05, 3.63) is 79.6 Å². The average Bonchev–Trinajstić information content (AvgIpc) is 3.29. The number of rotatable bonds is 7. The quantitative estimate of drug-likeness (QED) is 0.497. The van der Waals surface area contributed by atoms with Gasteiger partial charge in [-0.05, 0) is 61.7 Å². The summed E-state index contributed by atoms with van der Waals surface area (Å²) in [6, 6.07) is 13.0. The summed E-state index contributed by atoms with van der Waals surface area (Å²) in [5.41, 5.74) is 1.57. The maximum atomic E-state index is 13.7. The Morgan fingerprint density at radius 1 is 1.08 bits per heavy atom. The van der Waals surface area contributed by atoms with E-state index in [1.165, 1.54) is 4.57 Å². The van der Waals surface area contributed by atoms with E-state index in [1.807, 2.05) is 44.2 Å². The number of fused-ring (bicyclic) bond motifs is 1. The molecule has 0 spiro atoms. The Bertz CT molecular complexity index is 1390. The van der Waals surface area contributed by atoms with Crippen LogP contribution in [0.2, 0.25) is 5.02 Å². The molecule has 1 atom stereocenters. The molecule has 10 heteroatoms. The first-order chi connectivity index (χ1) is 17.7. The molecule has 0 amide bonds. The molecule has 0 aliphatic carbocycles. The summed E-state index contributed by atoms with van der Waals surface area (Å²) in [5, 5.41) is 3.80. The largest absolute Gasteiger partial charge is 0.490 e. The molecule has 3 heterocycles. The van der Waals surface area contributed by atoms with Gasteiger partial charge in [-0.3, -0.25) is 4.57 Å². The van der Waals surface area contributed by atoms with Crippen LogP contribution < -0.4 is 21.4 Å². The van der Waals surface area contributed by atoms with E-state index in [1.54, 1.807) is 12.1 Å². The van der Waals surface area contributed by atoms with Crippen LogP contribution in [-0.4, -0.2) is 39.2 Å². The molecule has 0 bridgehead atoms. The normalized spacial score (nSPS) is 18.9. The smallest absolute Gasteiger partial charge is 0.354 e. The van der Waals surface area contributed by atoms with E-state index in [0.29, 0.717) is 18.2 Å². The lowest BCUT2D eigenvalue weighted by Crippen LogP contribution is -2.47. The Balaban J connectivity index is 1.48. The highest BCUT2D eigenvalue weighted by molar-refractivity contribution is 6.30. The van der Waals surface area contributed by atoms with E-state index in [9.17, 15) is 9.59 Å². The van der Waals surface area contributed by atoms with Crippen LogP contribution in [0.1, 0.15) is 38.3 Å². The standard InChI is InChI=1S/C27H31ClN4O5/c1-4-22-12-19-11-21(9-10-23(19)37-22)29-24-30-25(33)32(14-18-15-35-27(2,3)36-16-18)26(34)31(24)13-17-5-7-20(28)8-6-17/h5-11,18,22H,4,12-16H2,1-3H3,(H,29,30,33). The van der Waals surface area contributed by atoms with Gasteiger partial charge in [-0.2, -0.15) is 4.98 Å². The summed E-state index contributed by atoms with van der Waals surface area (Å²) in [6.07, 6.45) is 1.90. The molecule has 0 radical (unpaired) electrons. The van der Waals surface area contributed by atoms with Gasteiger partial charge in [0.15, 0.2) is 5.79 Å². The summed E-state index contributed by atoms with van der Waals surface area (Å²) < 4.78 is 20.0. The van der Waals surface area contributed by atoms with Crippen molar-refractivity contribution in [2.45, 2.75) is 58.6 Å². The van der Waals surface area contributed by atoms with Crippen molar-refractivity contribution in [2.24, 2.45) is 5.92 Å². The maximum absolute atomic E-state index is 13.7. The first-order valence-electron chi connectivity index (χ1n) is 12.5. The predicted octanol–water partition coefficient (Wildman–Crippen LogP) is 3.96. The molecule has 3 aromatic rings. The molecule has 1 fully saturated rings. The molecular formula is C27H31ClN4O5. The lowest BCUT2D eigenvalue weighted by atomic mass is 10.1. The zero-order valence-electron chi connectivity index (χ0n) is 21.2. The molecule has 2 aliphatic rings. The molecule has 1 aromatic heterocycles. The number of nitrogens with zero attached hydrogens (tertiary/aromatic N) is 3. The Labute approximate surface area is 220 Å². The molecule has 5 rings (SSSR count). The van der Waals surface area contributed by atoms with Crippen LogP contribution in [-0.2, 0) is 29.0 Å². The Hall–Kier alpha value is -3.14. The van der Waals surface area contributed by atoms with Crippen LogP contribution in [0.15, 0.2) is 52.1 Å². The van der Waals surface area contributed by atoms with Gasteiger partial charge >= 0.3 is 11.4 Å². The summed E-state index contributed by atoms with van der Waals surface area (Å²) in [5.74, 6) is 0.204. The second-order valence-corrected chi connectivity index (χ2v) is 10.4. The molecule has 9 nitrogen and oxygen atoms in total. The van der Waals surface area contributed by atoms with E-state index >= 15 is 0 Å². The SMILES string of the molecule is CCC1Cc2cc(Nc3nc(=O)n(CC4COC(C)(C)OC4)c(=O)n3Cc3ccc(Cl)cc3)ccc2O1. The van der Waals surface area contributed by atoms with E-state index < -0.39 is 17.2 Å². The van der Waals surface area contributed by atoms with Crippen molar-refractivity contribution in [1.82, 2.24) is 14.1 Å². The summed E-state index contributed by atoms with van der Waals surface area (Å²) in [7, 11) is 0. The third-order valence-electron chi connectivity index (χ3n) is 6.69. The van der Waals surface area contributed by atoms with Crippen molar-refractivity contribution >= 4 is 23.2 Å². The summed E-state index contributed by atoms with van der Waals surface area (Å²) in [4.78, 5) is 31.0. The summed E-state index contributed by atoms with van der Waals surface area (Å²) in [6.45, 7) is 6.89. The number of halogens is 1. The van der Waals surface area contributed by atoms with Crippen LogP contribution >= 0.6 is 11.6 Å². The van der Waals surface area contributed by atoms with Crippen molar-refractivity contribution in [3.8, 4) is 5.75 Å². The molecule has 1 saturated heterocycles. The van der Waals surface area contributed by atoms with Gasteiger partial charge in [-0.15, -0.1) is 0 Å². The fourth-order valence-electron chi connectivity index (χ4n) is 4.54. The number of anilines is 2. The molecular weight excluding hydrogens is 496 g/mol. The first kappa shape index (κ1) is 25.5. The minimum Gasteiger partial charge on any atom is -0.490 e. The molecule has 196 valence electrons. The number of aromatic nitrogens is 3. The van der Waals surface area contributed by atoms with Crippen LogP contribution in [0.25, 0.3) is 0 Å². The number of ether oxygens (including phenoxy) is 3. The topological polar surface area (TPSA) is 96.6 Å². The number of benzene rings is 2. The highest BCUT2D eigenvalue weighted by atomic mass is 35.5. The lowest BCUT2D eigenvalue weighted by Gasteiger charge is -2.35. The van der Waals surface area contributed by atoms with E-state index in [-0.39, 0.29) is 31.1 Å². The number of hydrogen-bond donors (Lipinski definition) is 1. The molecule has 2 aromatic carbocycles. The van der Waals surface area contributed by atoms with Crippen molar-refractivity contribution in [1.29, 1.82) is 0 Å². The van der Waals surface area contributed by atoms with Crippen LogP contribution in [0.3, 0.4) is 0 Å². The van der Waals surface area contributed by atoms with Gasteiger partial charge < -0.3 is 19.5 Å². The van der Waals surface area contributed by atoms with Crippen LogP contribution in [0, 0.1) is 5.92 Å². The maximum Gasteiger partial charge on any atom is 0.354 e. The minimum atomic E-state index is -0.680. The average molecular weight is 527 g/mol. The van der Waals surface area contributed by atoms with E-state index in [2.05, 4.69) is 17.2 Å². The van der Waals surface area contributed by atoms with Gasteiger partial charge in [0.25, 0.3) is 0 Å². The van der Waals surface area contributed by atoms with Crippen molar-refractivity contribution in [2.75, 3.05) is 18.5 Å². The Morgan fingerprint density at radius 3 is 2.51 bits per heavy atom. The Kier molecular flexibility index (Phi) is 7.11. The highest BCUT2D eigenvalue weighted by Gasteiger charge is 2.29. The fraction of sp³-hybridized carbons (Fsp3) is 0.444. The molecule has 2 aliphatic heterocycles. The second-order valence-electron chi connectivity index (χ2n) is 10.0. The first-order valence-corrected chi connectivity index (χ1v) is 12.9. The molecule has 1 unspecified atom stereocenters. The molecule has 0 saturated carbocycles. The van der Waals surface area contributed by atoms with Crippen LogP contribution in [0.4, 0.5) is 11.6 Å². The molecule has 37 heavy (non-hydrogen) atoms. The van der Waals surface area contributed by atoms with Gasteiger partial charge in [-0.25, -0.2) is 14.2 Å². The van der Waals surface area contributed by atoms with Gasteiger partial charge in [0.05, 0.1) is 19.8 Å². The van der Waals surface area contributed by atoms with Gasteiger partial charge in [-0.1, -0.05) is 30.7 Å². The number of nitrogens with one attached hydrogen (secondary N) is 1. The van der Waals surface area contributed by atoms with Gasteiger partial charge in [0.1, 0.15) is 11.9 Å².